The fraction of sp³-hybridized carbons (Fsp3) is 0.0714. The predicted octanol–water partition coefficient (Wildman–Crippen LogP) is 3.73. The summed E-state index contributed by atoms with van der Waals surface area (Å²) in [5, 5.41) is 12.2. The smallest absolute Gasteiger partial charge is 0.128 e. The van der Waals surface area contributed by atoms with Crippen LogP contribution in [-0.2, 0) is 6.61 Å². The van der Waals surface area contributed by atoms with Gasteiger partial charge in [0, 0.05) is 10.6 Å². The van der Waals surface area contributed by atoms with E-state index < -0.39 is 0 Å². The average Bonchev–Trinajstić information content (AvgIpc) is 2.39. The maximum absolute atomic E-state index is 8.59. The fourth-order valence-corrected chi connectivity index (χ4v) is 1.73. The van der Waals surface area contributed by atoms with E-state index in [0.717, 1.165) is 5.56 Å². The topological polar surface area (TPSA) is 41.8 Å². The Morgan fingerprint density at radius 1 is 1.17 bits per heavy atom. The molecule has 0 saturated carbocycles. The highest BCUT2D eigenvalue weighted by Gasteiger charge is 2.03. The van der Waals surface area contributed by atoms with Crippen molar-refractivity contribution < 1.29 is 9.94 Å². The van der Waals surface area contributed by atoms with Gasteiger partial charge in [-0.2, -0.15) is 0 Å². The van der Waals surface area contributed by atoms with Crippen molar-refractivity contribution in [3.05, 3.63) is 64.7 Å². The lowest BCUT2D eigenvalue weighted by molar-refractivity contribution is 0.304. The van der Waals surface area contributed by atoms with Crippen LogP contribution in [-0.4, -0.2) is 11.4 Å². The molecule has 2 aromatic rings. The molecule has 0 fully saturated rings. The maximum atomic E-state index is 8.59. The molecule has 0 radical (unpaired) electrons. The minimum absolute atomic E-state index is 0.453. The van der Waals surface area contributed by atoms with Crippen LogP contribution in [0, 0.1) is 0 Å². The molecular formula is C14H12ClNO2. The van der Waals surface area contributed by atoms with Crippen LogP contribution in [0.4, 0.5) is 0 Å². The lowest BCUT2D eigenvalue weighted by Gasteiger charge is -2.09. The van der Waals surface area contributed by atoms with Crippen molar-refractivity contribution in [2.75, 3.05) is 0 Å². The molecule has 18 heavy (non-hydrogen) atoms. The molecule has 0 aromatic heterocycles. The van der Waals surface area contributed by atoms with Crippen molar-refractivity contribution in [2.24, 2.45) is 5.16 Å². The highest BCUT2D eigenvalue weighted by molar-refractivity contribution is 6.30. The van der Waals surface area contributed by atoms with Crippen LogP contribution >= 0.6 is 11.6 Å². The summed E-state index contributed by atoms with van der Waals surface area (Å²) < 4.78 is 5.67. The minimum Gasteiger partial charge on any atom is -0.488 e. The van der Waals surface area contributed by atoms with Crippen LogP contribution in [0.2, 0.25) is 5.02 Å². The van der Waals surface area contributed by atoms with E-state index in [-0.39, 0.29) is 0 Å². The summed E-state index contributed by atoms with van der Waals surface area (Å²) in [6.45, 7) is 0.453. The summed E-state index contributed by atoms with van der Waals surface area (Å²) in [5.41, 5.74) is 1.71. The number of halogens is 1. The van der Waals surface area contributed by atoms with Gasteiger partial charge in [0.15, 0.2) is 0 Å². The molecule has 0 aliphatic carbocycles. The molecule has 0 amide bonds. The summed E-state index contributed by atoms with van der Waals surface area (Å²) in [6.07, 6.45) is 1.30. The Hall–Kier alpha value is -2.00. The molecule has 0 saturated heterocycles. The molecule has 0 spiro atoms. The second kappa shape index (κ2) is 6.07. The lowest BCUT2D eigenvalue weighted by atomic mass is 10.2. The molecule has 0 aliphatic heterocycles. The first-order chi connectivity index (χ1) is 8.79. The normalized spacial score (nSPS) is 10.7. The Labute approximate surface area is 110 Å². The fourth-order valence-electron chi connectivity index (χ4n) is 1.55. The van der Waals surface area contributed by atoms with E-state index in [9.17, 15) is 0 Å². The van der Waals surface area contributed by atoms with Crippen LogP contribution in [0.3, 0.4) is 0 Å². The Kier molecular flexibility index (Phi) is 4.20. The van der Waals surface area contributed by atoms with Gasteiger partial charge in [-0.1, -0.05) is 47.1 Å². The van der Waals surface area contributed by atoms with Crippen LogP contribution in [0.5, 0.6) is 5.75 Å². The largest absolute Gasteiger partial charge is 0.488 e. The molecule has 4 heteroatoms. The van der Waals surface area contributed by atoms with E-state index in [1.165, 1.54) is 6.21 Å². The Balaban J connectivity index is 2.14. The summed E-state index contributed by atoms with van der Waals surface area (Å²) in [6, 6.07) is 15.0. The second-order valence-corrected chi connectivity index (χ2v) is 4.14. The van der Waals surface area contributed by atoms with Gasteiger partial charge < -0.3 is 9.94 Å². The Bertz CT molecular complexity index is 541. The minimum atomic E-state index is 0.453. The highest BCUT2D eigenvalue weighted by Crippen LogP contribution is 2.22. The zero-order valence-corrected chi connectivity index (χ0v) is 10.3. The quantitative estimate of drug-likeness (QED) is 0.518. The van der Waals surface area contributed by atoms with Gasteiger partial charge in [0.1, 0.15) is 12.4 Å². The van der Waals surface area contributed by atoms with Crippen LogP contribution in [0.1, 0.15) is 11.1 Å². The van der Waals surface area contributed by atoms with Gasteiger partial charge in [-0.15, -0.1) is 0 Å². The van der Waals surface area contributed by atoms with Gasteiger partial charge in [-0.05, 0) is 23.8 Å². The molecule has 2 rings (SSSR count). The third-order valence-electron chi connectivity index (χ3n) is 2.41. The van der Waals surface area contributed by atoms with Crippen molar-refractivity contribution in [1.29, 1.82) is 0 Å². The average molecular weight is 262 g/mol. The van der Waals surface area contributed by atoms with Gasteiger partial charge >= 0.3 is 0 Å². The molecule has 92 valence electrons. The van der Waals surface area contributed by atoms with E-state index in [0.29, 0.717) is 22.9 Å². The number of oxime groups is 1. The molecule has 1 N–H and O–H groups in total. The first-order valence-electron chi connectivity index (χ1n) is 5.43. The number of hydrogen-bond donors (Lipinski definition) is 1. The van der Waals surface area contributed by atoms with Gasteiger partial charge in [-0.3, -0.25) is 0 Å². The van der Waals surface area contributed by atoms with Gasteiger partial charge in [0.05, 0.1) is 6.21 Å². The Morgan fingerprint density at radius 2 is 1.94 bits per heavy atom. The molecule has 2 aromatic carbocycles. The SMILES string of the molecule is O/N=C/c1cc(Cl)ccc1OCc1ccccc1. The molecule has 0 unspecified atom stereocenters. The van der Waals surface area contributed by atoms with Crippen LogP contribution in [0.15, 0.2) is 53.7 Å². The molecule has 0 bridgehead atoms. The first kappa shape index (κ1) is 12.5. The summed E-state index contributed by atoms with van der Waals surface area (Å²) in [5.74, 6) is 0.626. The molecule has 0 heterocycles. The third kappa shape index (κ3) is 3.25. The second-order valence-electron chi connectivity index (χ2n) is 3.70. The molecule has 0 atom stereocenters. The standard InChI is InChI=1S/C14H12ClNO2/c15-13-6-7-14(12(8-13)9-16-17)18-10-11-4-2-1-3-5-11/h1-9,17H,10H2/b16-9+. The molecular weight excluding hydrogens is 250 g/mol. The summed E-state index contributed by atoms with van der Waals surface area (Å²) in [4.78, 5) is 0. The monoisotopic (exact) mass is 261 g/mol. The number of hydrogen-bond acceptors (Lipinski definition) is 3. The van der Waals surface area contributed by atoms with Crippen LogP contribution < -0.4 is 4.74 Å². The van der Waals surface area contributed by atoms with Gasteiger partial charge in [0.2, 0.25) is 0 Å². The van der Waals surface area contributed by atoms with E-state index >= 15 is 0 Å². The van der Waals surface area contributed by atoms with Crippen molar-refractivity contribution in [1.82, 2.24) is 0 Å². The summed E-state index contributed by atoms with van der Waals surface area (Å²) >= 11 is 5.87. The van der Waals surface area contributed by atoms with Crippen molar-refractivity contribution in [2.45, 2.75) is 6.61 Å². The number of nitrogens with zero attached hydrogens (tertiary/aromatic N) is 1. The zero-order chi connectivity index (χ0) is 12.8. The molecule has 0 aliphatic rings. The van der Waals surface area contributed by atoms with Gasteiger partial charge in [-0.25, -0.2) is 0 Å². The third-order valence-corrected chi connectivity index (χ3v) is 2.64. The van der Waals surface area contributed by atoms with E-state index in [1.54, 1.807) is 18.2 Å². The maximum Gasteiger partial charge on any atom is 0.128 e. The van der Waals surface area contributed by atoms with E-state index in [2.05, 4.69) is 5.16 Å². The van der Waals surface area contributed by atoms with Crippen molar-refractivity contribution in [3.8, 4) is 5.75 Å². The Morgan fingerprint density at radius 3 is 2.67 bits per heavy atom. The van der Waals surface area contributed by atoms with Crippen molar-refractivity contribution in [3.63, 3.8) is 0 Å². The van der Waals surface area contributed by atoms with E-state index in [1.807, 2.05) is 30.3 Å². The molecule has 3 nitrogen and oxygen atoms in total. The van der Waals surface area contributed by atoms with Crippen LogP contribution in [0.25, 0.3) is 0 Å². The van der Waals surface area contributed by atoms with E-state index in [4.69, 9.17) is 21.5 Å². The van der Waals surface area contributed by atoms with Crippen molar-refractivity contribution >= 4 is 17.8 Å². The first-order valence-corrected chi connectivity index (χ1v) is 5.81. The number of ether oxygens (including phenoxy) is 1. The predicted molar refractivity (Wildman–Crippen MR) is 71.6 cm³/mol. The van der Waals surface area contributed by atoms with Gasteiger partial charge in [0.25, 0.3) is 0 Å². The lowest BCUT2D eigenvalue weighted by Crippen LogP contribution is -1.98. The number of benzene rings is 2. The number of rotatable bonds is 4. The highest BCUT2D eigenvalue weighted by atomic mass is 35.5. The zero-order valence-electron chi connectivity index (χ0n) is 9.58. The summed E-state index contributed by atoms with van der Waals surface area (Å²) in [7, 11) is 0.